The predicted octanol–water partition coefficient (Wildman–Crippen LogP) is 2.13. The van der Waals surface area contributed by atoms with E-state index in [-0.39, 0.29) is 29.3 Å². The first kappa shape index (κ1) is 23.9. The molecule has 170 valence electrons. The Morgan fingerprint density at radius 3 is 2.94 bits per heavy atom. The number of hydrogen-bond acceptors (Lipinski definition) is 9. The Hall–Kier alpha value is -1.80. The van der Waals surface area contributed by atoms with E-state index in [2.05, 4.69) is 41.3 Å². The second kappa shape index (κ2) is 10.7. The molecule has 1 aliphatic heterocycles. The lowest BCUT2D eigenvalue weighted by molar-refractivity contribution is -0.127. The molecular formula is C18H25BrN6O4S2. The number of rotatable bonds is 11. The summed E-state index contributed by atoms with van der Waals surface area (Å²) >= 11 is 4.44. The van der Waals surface area contributed by atoms with Gasteiger partial charge in [0.2, 0.25) is 21.9 Å². The van der Waals surface area contributed by atoms with E-state index in [9.17, 15) is 18.3 Å². The molecule has 31 heavy (non-hydrogen) atoms. The summed E-state index contributed by atoms with van der Waals surface area (Å²) in [5.74, 6) is 0.942. The Morgan fingerprint density at radius 1 is 1.42 bits per heavy atom. The molecule has 3 heterocycles. The van der Waals surface area contributed by atoms with Gasteiger partial charge in [0.1, 0.15) is 10.0 Å². The number of aromatic nitrogens is 2. The molecule has 4 N–H and O–H groups in total. The molecule has 0 radical (unpaired) electrons. The molecular weight excluding hydrogens is 508 g/mol. The van der Waals surface area contributed by atoms with Crippen molar-refractivity contribution in [2.45, 2.75) is 36.4 Å². The van der Waals surface area contributed by atoms with E-state index in [1.54, 1.807) is 16.5 Å². The van der Waals surface area contributed by atoms with Crippen LogP contribution in [0.4, 0.5) is 17.5 Å². The number of nitrogens with one attached hydrogen (secondary N) is 3. The van der Waals surface area contributed by atoms with Crippen LogP contribution in [-0.4, -0.2) is 66.6 Å². The van der Waals surface area contributed by atoms with Gasteiger partial charge in [0.05, 0.1) is 16.8 Å². The maximum absolute atomic E-state index is 12.5. The number of nitrogens with zero attached hydrogens (tertiary/aromatic N) is 3. The summed E-state index contributed by atoms with van der Waals surface area (Å²) in [7, 11) is -3.64. The number of halogens is 1. The van der Waals surface area contributed by atoms with Crippen LogP contribution in [-0.2, 0) is 14.8 Å². The van der Waals surface area contributed by atoms with Crippen LogP contribution < -0.4 is 15.4 Å². The zero-order valence-electron chi connectivity index (χ0n) is 17.0. The fraction of sp³-hybridized carbons (Fsp3) is 0.500. The molecule has 3 rings (SSSR count). The van der Waals surface area contributed by atoms with Crippen molar-refractivity contribution in [3.63, 3.8) is 0 Å². The molecule has 2 aromatic rings. The van der Waals surface area contributed by atoms with Gasteiger partial charge in [-0.2, -0.15) is 4.98 Å². The summed E-state index contributed by atoms with van der Waals surface area (Å²) in [5, 5.41) is 16.9. The Labute approximate surface area is 193 Å². The summed E-state index contributed by atoms with van der Waals surface area (Å²) in [6, 6.07) is 1.33. The van der Waals surface area contributed by atoms with Crippen LogP contribution in [0.25, 0.3) is 0 Å². The first-order valence-corrected chi connectivity index (χ1v) is 13.0. The molecule has 1 aliphatic rings. The van der Waals surface area contributed by atoms with Crippen molar-refractivity contribution in [3.8, 4) is 0 Å². The SMILES string of the molecule is C[C@H](CO)Nc1nc(Nc2csc(S(=O)(=O)NCCCN3CCCC3=O)c2)ncc1Br. The topological polar surface area (TPSA) is 137 Å². The van der Waals surface area contributed by atoms with Gasteiger partial charge in [-0.1, -0.05) is 0 Å². The van der Waals surface area contributed by atoms with Gasteiger partial charge in [0, 0.05) is 43.7 Å². The number of carbonyl (C=O) groups is 1. The maximum Gasteiger partial charge on any atom is 0.250 e. The number of carbonyl (C=O) groups excluding carboxylic acids is 1. The molecule has 13 heteroatoms. The quantitative estimate of drug-likeness (QED) is 0.323. The maximum atomic E-state index is 12.5. The number of sulfonamides is 1. The molecule has 2 aromatic heterocycles. The smallest absolute Gasteiger partial charge is 0.250 e. The van der Waals surface area contributed by atoms with Crippen LogP contribution in [0.3, 0.4) is 0 Å². The molecule has 0 aliphatic carbocycles. The van der Waals surface area contributed by atoms with E-state index in [1.807, 2.05) is 6.92 Å². The first-order chi connectivity index (χ1) is 14.8. The number of amides is 1. The molecule has 1 fully saturated rings. The lowest BCUT2D eigenvalue weighted by Crippen LogP contribution is -2.30. The summed E-state index contributed by atoms with van der Waals surface area (Å²) < 4.78 is 28.5. The number of hydrogen-bond donors (Lipinski definition) is 4. The Morgan fingerprint density at radius 2 is 2.23 bits per heavy atom. The second-order valence-electron chi connectivity index (χ2n) is 7.13. The van der Waals surface area contributed by atoms with Crippen molar-refractivity contribution in [1.82, 2.24) is 19.6 Å². The molecule has 0 bridgehead atoms. The largest absolute Gasteiger partial charge is 0.394 e. The van der Waals surface area contributed by atoms with E-state index in [0.717, 1.165) is 24.3 Å². The van der Waals surface area contributed by atoms with Crippen molar-refractivity contribution in [1.29, 1.82) is 0 Å². The second-order valence-corrected chi connectivity index (χ2v) is 10.9. The zero-order valence-corrected chi connectivity index (χ0v) is 20.2. The number of anilines is 3. The van der Waals surface area contributed by atoms with E-state index >= 15 is 0 Å². The van der Waals surface area contributed by atoms with Crippen LogP contribution in [0.2, 0.25) is 0 Å². The molecule has 0 unspecified atom stereocenters. The predicted molar refractivity (Wildman–Crippen MR) is 123 cm³/mol. The number of thiophene rings is 1. The number of aliphatic hydroxyl groups excluding tert-OH is 1. The van der Waals surface area contributed by atoms with Crippen LogP contribution in [0, 0.1) is 0 Å². The molecule has 0 aromatic carbocycles. The standard InChI is InChI=1S/C18H25BrN6O4S2/c1-12(10-26)22-17-14(19)9-20-18(24-17)23-13-8-16(30-11-13)31(28,29)21-5-3-7-25-6-2-4-15(25)27/h8-9,11-12,21,26H,2-7,10H2,1H3,(H2,20,22,23,24)/t12-/m1/s1. The van der Waals surface area contributed by atoms with Gasteiger partial charge in [-0.25, -0.2) is 18.1 Å². The molecule has 0 saturated carbocycles. The Balaban J connectivity index is 1.56. The fourth-order valence-corrected chi connectivity index (χ4v) is 5.48. The van der Waals surface area contributed by atoms with Crippen molar-refractivity contribution in [2.75, 3.05) is 36.9 Å². The Bertz CT molecular complexity index is 1020. The average Bonchev–Trinajstić information content (AvgIpc) is 3.37. The molecule has 0 spiro atoms. The van der Waals surface area contributed by atoms with Gasteiger partial charge >= 0.3 is 0 Å². The van der Waals surface area contributed by atoms with Gasteiger partial charge in [0.15, 0.2) is 0 Å². The minimum absolute atomic E-state index is 0.0493. The highest BCUT2D eigenvalue weighted by Crippen LogP contribution is 2.27. The van der Waals surface area contributed by atoms with E-state index in [4.69, 9.17) is 0 Å². The average molecular weight is 533 g/mol. The van der Waals surface area contributed by atoms with E-state index in [1.165, 1.54) is 6.07 Å². The summed E-state index contributed by atoms with van der Waals surface area (Å²) in [6.07, 6.45) is 3.58. The third-order valence-corrected chi connectivity index (χ3v) is 8.05. The van der Waals surface area contributed by atoms with Gasteiger partial charge < -0.3 is 20.6 Å². The lowest BCUT2D eigenvalue weighted by Gasteiger charge is -2.15. The number of aliphatic hydroxyl groups is 1. The van der Waals surface area contributed by atoms with Crippen molar-refractivity contribution < 1.29 is 18.3 Å². The minimum Gasteiger partial charge on any atom is -0.394 e. The number of likely N-dealkylation sites (tertiary alicyclic amines) is 1. The highest BCUT2D eigenvalue weighted by atomic mass is 79.9. The third kappa shape index (κ3) is 6.59. The summed E-state index contributed by atoms with van der Waals surface area (Å²) in [5.41, 5.74) is 0.552. The van der Waals surface area contributed by atoms with Crippen LogP contribution >= 0.6 is 27.3 Å². The fourth-order valence-electron chi connectivity index (χ4n) is 2.95. The summed E-state index contributed by atoms with van der Waals surface area (Å²) in [6.45, 7) is 3.34. The van der Waals surface area contributed by atoms with E-state index in [0.29, 0.717) is 41.3 Å². The van der Waals surface area contributed by atoms with Crippen molar-refractivity contribution >= 4 is 60.7 Å². The van der Waals surface area contributed by atoms with Crippen LogP contribution in [0.5, 0.6) is 0 Å². The molecule has 1 saturated heterocycles. The van der Waals surface area contributed by atoms with Gasteiger partial charge in [-0.05, 0) is 41.8 Å². The third-order valence-electron chi connectivity index (χ3n) is 4.57. The minimum atomic E-state index is -3.64. The van der Waals surface area contributed by atoms with Crippen molar-refractivity contribution in [3.05, 3.63) is 22.1 Å². The van der Waals surface area contributed by atoms with Gasteiger partial charge in [0.25, 0.3) is 0 Å². The molecule has 1 amide bonds. The zero-order chi connectivity index (χ0) is 22.4. The first-order valence-electron chi connectivity index (χ1n) is 9.81. The van der Waals surface area contributed by atoms with E-state index < -0.39 is 10.0 Å². The van der Waals surface area contributed by atoms with Gasteiger partial charge in [-0.3, -0.25) is 4.79 Å². The Kier molecular flexibility index (Phi) is 8.22. The highest BCUT2D eigenvalue weighted by Gasteiger charge is 2.20. The van der Waals surface area contributed by atoms with Crippen molar-refractivity contribution in [2.24, 2.45) is 0 Å². The monoisotopic (exact) mass is 532 g/mol. The highest BCUT2D eigenvalue weighted by molar-refractivity contribution is 9.10. The normalized spacial score (nSPS) is 15.3. The summed E-state index contributed by atoms with van der Waals surface area (Å²) in [4.78, 5) is 21.9. The van der Waals surface area contributed by atoms with Crippen LogP contribution in [0.15, 0.2) is 26.3 Å². The van der Waals surface area contributed by atoms with Gasteiger partial charge in [-0.15, -0.1) is 11.3 Å². The van der Waals surface area contributed by atoms with Crippen LogP contribution in [0.1, 0.15) is 26.2 Å². The molecule has 1 atom stereocenters. The lowest BCUT2D eigenvalue weighted by atomic mass is 10.3. The molecule has 10 nitrogen and oxygen atoms in total.